The molecule has 0 N–H and O–H groups in total. The van der Waals surface area contributed by atoms with E-state index in [2.05, 4.69) is 12.3 Å². The molecule has 0 aromatic rings. The summed E-state index contributed by atoms with van der Waals surface area (Å²) in [7, 11) is 0. The van der Waals surface area contributed by atoms with E-state index in [0.29, 0.717) is 6.42 Å². The fraction of sp³-hybridized carbons (Fsp3) is 0.417. The Morgan fingerprint density at radius 1 is 0.952 bits per heavy atom. The van der Waals surface area contributed by atoms with Gasteiger partial charge in [0, 0.05) is 23.7 Å². The third-order valence-electron chi connectivity index (χ3n) is 2.42. The highest BCUT2D eigenvalue weighted by Gasteiger charge is 2.31. The summed E-state index contributed by atoms with van der Waals surface area (Å²) in [6, 6.07) is 2.23. The van der Waals surface area contributed by atoms with E-state index in [1.807, 2.05) is 94.1 Å². The molecular formula is C12H11NS8. The first-order valence-corrected chi connectivity index (χ1v) is 13.5. The van der Waals surface area contributed by atoms with Gasteiger partial charge in [-0.2, -0.15) is 5.26 Å². The average molecular weight is 426 g/mol. The van der Waals surface area contributed by atoms with Crippen molar-refractivity contribution in [2.45, 2.75) is 6.42 Å². The van der Waals surface area contributed by atoms with E-state index in [1.165, 1.54) is 36.9 Å². The second-order valence-corrected chi connectivity index (χ2v) is 13.6. The highest BCUT2D eigenvalue weighted by molar-refractivity contribution is 8.45. The SMILES string of the molecule is CSC1=C(SCCC#N)SC(=C2SC3=C(SCCS3)S2)S1. The normalized spacial score (nSPS) is 22.1. The Morgan fingerprint density at radius 3 is 2.19 bits per heavy atom. The minimum absolute atomic E-state index is 0.625. The average Bonchev–Trinajstić information content (AvgIpc) is 3.10. The molecule has 0 saturated heterocycles. The summed E-state index contributed by atoms with van der Waals surface area (Å²) in [6.07, 6.45) is 2.77. The molecule has 3 rings (SSSR count). The van der Waals surface area contributed by atoms with Crippen LogP contribution in [0.15, 0.2) is 25.4 Å². The molecule has 0 unspecified atom stereocenters. The zero-order chi connectivity index (χ0) is 14.7. The monoisotopic (exact) mass is 425 g/mol. The van der Waals surface area contributed by atoms with Crippen LogP contribution in [0.5, 0.6) is 0 Å². The van der Waals surface area contributed by atoms with Gasteiger partial charge in [-0.3, -0.25) is 0 Å². The van der Waals surface area contributed by atoms with Crippen LogP contribution in [0.1, 0.15) is 6.42 Å². The first-order valence-electron chi connectivity index (χ1n) is 6.05. The molecule has 3 aliphatic heterocycles. The minimum Gasteiger partial charge on any atom is -0.198 e. The maximum absolute atomic E-state index is 8.68. The van der Waals surface area contributed by atoms with E-state index < -0.39 is 0 Å². The van der Waals surface area contributed by atoms with Crippen LogP contribution in [0.4, 0.5) is 0 Å². The predicted molar refractivity (Wildman–Crippen MR) is 113 cm³/mol. The molecule has 0 aromatic carbocycles. The summed E-state index contributed by atoms with van der Waals surface area (Å²) in [6.45, 7) is 0. The quantitative estimate of drug-likeness (QED) is 0.449. The Bertz CT molecular complexity index is 550. The molecule has 0 aliphatic carbocycles. The van der Waals surface area contributed by atoms with Crippen molar-refractivity contribution in [1.29, 1.82) is 5.26 Å². The summed E-state index contributed by atoms with van der Waals surface area (Å²) < 4.78 is 8.70. The van der Waals surface area contributed by atoms with Crippen molar-refractivity contribution >= 4 is 94.1 Å². The summed E-state index contributed by atoms with van der Waals surface area (Å²) >= 11 is 15.4. The van der Waals surface area contributed by atoms with Gasteiger partial charge >= 0.3 is 0 Å². The zero-order valence-electron chi connectivity index (χ0n) is 11.0. The number of thioether (sulfide) groups is 8. The van der Waals surface area contributed by atoms with Crippen LogP contribution in [0.2, 0.25) is 0 Å². The highest BCUT2D eigenvalue weighted by Crippen LogP contribution is 2.66. The maximum atomic E-state index is 8.68. The van der Waals surface area contributed by atoms with Crippen molar-refractivity contribution in [3.8, 4) is 6.07 Å². The molecule has 0 aromatic heterocycles. The van der Waals surface area contributed by atoms with Crippen LogP contribution in [0.25, 0.3) is 0 Å². The molecule has 0 amide bonds. The van der Waals surface area contributed by atoms with Gasteiger partial charge < -0.3 is 0 Å². The molecule has 0 bridgehead atoms. The second-order valence-electron chi connectivity index (χ2n) is 3.79. The lowest BCUT2D eigenvalue weighted by Gasteiger charge is -2.08. The Kier molecular flexibility index (Phi) is 7.07. The molecule has 0 atom stereocenters. The Labute approximate surface area is 159 Å². The minimum atomic E-state index is 0.625. The number of hydrogen-bond acceptors (Lipinski definition) is 9. The molecule has 3 heterocycles. The highest BCUT2D eigenvalue weighted by atomic mass is 32.3. The zero-order valence-corrected chi connectivity index (χ0v) is 17.6. The van der Waals surface area contributed by atoms with Crippen LogP contribution in [0.3, 0.4) is 0 Å². The van der Waals surface area contributed by atoms with Gasteiger partial charge in [-0.25, -0.2) is 0 Å². The summed E-state index contributed by atoms with van der Waals surface area (Å²) in [4.78, 5) is 0. The lowest BCUT2D eigenvalue weighted by molar-refractivity contribution is 1.24. The van der Waals surface area contributed by atoms with Gasteiger partial charge in [0.15, 0.2) is 0 Å². The molecule has 0 fully saturated rings. The Hall–Kier alpha value is 1.51. The number of nitriles is 1. The fourth-order valence-electron chi connectivity index (χ4n) is 1.56. The van der Waals surface area contributed by atoms with Gasteiger partial charge in [0.2, 0.25) is 0 Å². The smallest absolute Gasteiger partial charge is 0.0717 e. The Balaban J connectivity index is 1.67. The van der Waals surface area contributed by atoms with Crippen molar-refractivity contribution in [3.63, 3.8) is 0 Å². The lowest BCUT2D eigenvalue weighted by atomic mass is 10.6. The van der Waals surface area contributed by atoms with Crippen molar-refractivity contribution in [3.05, 3.63) is 25.4 Å². The standard InChI is InChI=1S/C12H11NS8/c1-14-7-8(15-4-2-3-13)19-11(18-7)12-20-9-10(21-12)17-6-5-16-9/h2,4-6H2,1H3. The van der Waals surface area contributed by atoms with Gasteiger partial charge in [0.25, 0.3) is 0 Å². The van der Waals surface area contributed by atoms with Crippen LogP contribution >= 0.6 is 94.1 Å². The van der Waals surface area contributed by atoms with Crippen molar-refractivity contribution in [1.82, 2.24) is 0 Å². The molecule has 9 heteroatoms. The summed E-state index contributed by atoms with van der Waals surface area (Å²) in [5.41, 5.74) is 0. The third-order valence-corrected chi connectivity index (χ3v) is 14.1. The Morgan fingerprint density at radius 2 is 1.57 bits per heavy atom. The predicted octanol–water partition coefficient (Wildman–Crippen LogP) is 6.82. The second kappa shape index (κ2) is 8.56. The van der Waals surface area contributed by atoms with Gasteiger partial charge in [0.1, 0.15) is 0 Å². The van der Waals surface area contributed by atoms with Gasteiger partial charge in [-0.15, -0.1) is 47.0 Å². The van der Waals surface area contributed by atoms with Crippen LogP contribution in [-0.2, 0) is 0 Å². The van der Waals surface area contributed by atoms with E-state index in [9.17, 15) is 0 Å². The number of nitrogens with zero attached hydrogens (tertiary/aromatic N) is 1. The molecule has 1 nitrogen and oxygen atoms in total. The van der Waals surface area contributed by atoms with Gasteiger partial charge in [-0.1, -0.05) is 47.0 Å². The van der Waals surface area contributed by atoms with E-state index in [0.717, 1.165) is 5.75 Å². The topological polar surface area (TPSA) is 23.8 Å². The van der Waals surface area contributed by atoms with Gasteiger partial charge in [-0.05, 0) is 6.26 Å². The summed E-state index contributed by atoms with van der Waals surface area (Å²) in [5, 5.41) is 8.68. The molecule has 3 aliphatic rings. The molecule has 112 valence electrons. The van der Waals surface area contributed by atoms with Crippen molar-refractivity contribution in [2.24, 2.45) is 0 Å². The summed E-state index contributed by atoms with van der Waals surface area (Å²) in [5.74, 6) is 3.37. The largest absolute Gasteiger partial charge is 0.198 e. The van der Waals surface area contributed by atoms with Crippen LogP contribution < -0.4 is 0 Å². The van der Waals surface area contributed by atoms with E-state index in [-0.39, 0.29) is 0 Å². The van der Waals surface area contributed by atoms with Crippen LogP contribution in [-0.4, -0.2) is 23.5 Å². The fourth-order valence-corrected chi connectivity index (χ4v) is 13.2. The lowest BCUT2D eigenvalue weighted by Crippen LogP contribution is -1.88. The first kappa shape index (κ1) is 17.3. The van der Waals surface area contributed by atoms with E-state index in [4.69, 9.17) is 5.26 Å². The van der Waals surface area contributed by atoms with Crippen LogP contribution in [0, 0.1) is 11.3 Å². The van der Waals surface area contributed by atoms with Crippen molar-refractivity contribution < 1.29 is 0 Å². The maximum Gasteiger partial charge on any atom is 0.0717 e. The number of hydrogen-bond donors (Lipinski definition) is 0. The molecular weight excluding hydrogens is 415 g/mol. The van der Waals surface area contributed by atoms with Crippen molar-refractivity contribution in [2.75, 3.05) is 23.5 Å². The van der Waals surface area contributed by atoms with E-state index >= 15 is 0 Å². The third kappa shape index (κ3) is 4.32. The van der Waals surface area contributed by atoms with E-state index in [1.54, 1.807) is 0 Å². The van der Waals surface area contributed by atoms with Gasteiger partial charge in [0.05, 0.1) is 31.5 Å². The molecule has 0 spiro atoms. The molecule has 0 radical (unpaired) electrons. The first-order chi connectivity index (χ1) is 10.3. The number of rotatable bonds is 4. The molecule has 0 saturated carbocycles. The molecule has 21 heavy (non-hydrogen) atoms.